The van der Waals surface area contributed by atoms with Crippen molar-refractivity contribution in [3.63, 3.8) is 0 Å². The van der Waals surface area contributed by atoms with Crippen molar-refractivity contribution in [1.82, 2.24) is 9.80 Å². The molecule has 8 aliphatic carbocycles. The van der Waals surface area contributed by atoms with Crippen LogP contribution in [0.15, 0.2) is 0 Å². The number of hydrogen-bond acceptors (Lipinski definition) is 2. The molecule has 0 aromatic rings. The Bertz CT molecular complexity index is 810. The van der Waals surface area contributed by atoms with E-state index >= 15 is 0 Å². The molecule has 0 amide bonds. The van der Waals surface area contributed by atoms with E-state index in [1.165, 1.54) is 128 Å². The molecule has 0 bridgehead atoms. The van der Waals surface area contributed by atoms with E-state index < -0.39 is 0 Å². The maximum absolute atomic E-state index is 3.41. The summed E-state index contributed by atoms with van der Waals surface area (Å²) in [6, 6.07) is 5.57. The van der Waals surface area contributed by atoms with Gasteiger partial charge in [-0.2, -0.15) is 0 Å². The van der Waals surface area contributed by atoms with Gasteiger partial charge in [-0.1, -0.05) is 96.3 Å². The average Bonchev–Trinajstić information content (AvgIpc) is 3.06. The molecule has 0 aromatic heterocycles. The molecule has 0 spiro atoms. The lowest BCUT2D eigenvalue weighted by Gasteiger charge is -2.64. The van der Waals surface area contributed by atoms with Crippen LogP contribution in [0.2, 0.25) is 0 Å². The maximum Gasteiger partial charge on any atom is 0.0136 e. The highest BCUT2D eigenvalue weighted by Gasteiger charge is 2.58. The van der Waals surface area contributed by atoms with E-state index in [1.54, 1.807) is 51.4 Å². The van der Waals surface area contributed by atoms with Gasteiger partial charge in [-0.15, -0.1) is 0 Å². The Hall–Kier alpha value is -0.0800. The largest absolute Gasteiger partial charge is 0.294 e. The Balaban J connectivity index is 1.14. The fraction of sp³-hybridized carbons (Fsp3) is 1.00. The predicted molar refractivity (Wildman–Crippen MR) is 177 cm³/mol. The predicted octanol–water partition coefficient (Wildman–Crippen LogP) is 10.5. The monoisotopic (exact) mass is 577 g/mol. The van der Waals surface area contributed by atoms with Crippen molar-refractivity contribution in [2.45, 2.75) is 216 Å². The molecule has 0 radical (unpaired) electrons. The van der Waals surface area contributed by atoms with Gasteiger partial charge in [0.05, 0.1) is 0 Å². The van der Waals surface area contributed by atoms with E-state index in [4.69, 9.17) is 0 Å². The van der Waals surface area contributed by atoms with Crippen LogP contribution >= 0.6 is 0 Å². The molecule has 8 rings (SSSR count). The van der Waals surface area contributed by atoms with Crippen LogP contribution in [0.25, 0.3) is 0 Å². The first-order valence-electron chi connectivity index (χ1n) is 20.4. The van der Waals surface area contributed by atoms with E-state index in [9.17, 15) is 0 Å². The molecule has 8 aliphatic rings. The first-order valence-corrected chi connectivity index (χ1v) is 20.4. The van der Waals surface area contributed by atoms with Gasteiger partial charge in [0.25, 0.3) is 0 Å². The van der Waals surface area contributed by atoms with Gasteiger partial charge in [-0.25, -0.2) is 0 Å². The molecule has 2 heteroatoms. The molecule has 42 heavy (non-hydrogen) atoms. The molecule has 2 nitrogen and oxygen atoms in total. The Morgan fingerprint density at radius 2 is 0.738 bits per heavy atom. The van der Waals surface area contributed by atoms with Gasteiger partial charge < -0.3 is 0 Å². The van der Waals surface area contributed by atoms with Gasteiger partial charge in [0, 0.05) is 36.3 Å². The Morgan fingerprint density at radius 1 is 0.286 bits per heavy atom. The van der Waals surface area contributed by atoms with E-state index in [0.717, 1.165) is 71.8 Å². The van der Waals surface area contributed by atoms with Crippen molar-refractivity contribution in [1.29, 1.82) is 0 Å². The second-order valence-electron chi connectivity index (χ2n) is 17.6. The zero-order valence-electron chi connectivity index (χ0n) is 27.6. The molecule has 0 aromatic carbocycles. The Labute approximate surface area is 260 Å². The molecular weight excluding hydrogens is 508 g/mol. The minimum absolute atomic E-state index is 0.918. The van der Waals surface area contributed by atoms with Crippen LogP contribution in [0.5, 0.6) is 0 Å². The van der Waals surface area contributed by atoms with Crippen molar-refractivity contribution in [2.75, 3.05) is 0 Å². The van der Waals surface area contributed by atoms with Gasteiger partial charge in [0.1, 0.15) is 0 Å². The average molecular weight is 577 g/mol. The fourth-order valence-corrected chi connectivity index (χ4v) is 14.1. The summed E-state index contributed by atoms with van der Waals surface area (Å²) in [5, 5.41) is 0. The van der Waals surface area contributed by atoms with Gasteiger partial charge >= 0.3 is 0 Å². The lowest BCUT2D eigenvalue weighted by molar-refractivity contribution is -0.150. The van der Waals surface area contributed by atoms with Gasteiger partial charge in [-0.3, -0.25) is 9.80 Å². The van der Waals surface area contributed by atoms with Gasteiger partial charge in [-0.05, 0) is 119 Å². The molecule has 0 heterocycles. The maximum atomic E-state index is 3.41. The van der Waals surface area contributed by atoms with E-state index in [1.807, 2.05) is 0 Å². The van der Waals surface area contributed by atoms with E-state index in [0.29, 0.717) is 0 Å². The molecule has 8 unspecified atom stereocenters. The van der Waals surface area contributed by atoms with Crippen molar-refractivity contribution >= 4 is 0 Å². The summed E-state index contributed by atoms with van der Waals surface area (Å²) < 4.78 is 0. The molecular formula is C40H68N2. The Kier molecular flexibility index (Phi) is 9.32. The number of nitrogens with zero attached hydrogens (tertiary/aromatic N) is 2. The zero-order valence-corrected chi connectivity index (χ0v) is 27.6. The molecule has 0 aliphatic heterocycles. The van der Waals surface area contributed by atoms with Crippen molar-refractivity contribution in [3.05, 3.63) is 0 Å². The third-order valence-electron chi connectivity index (χ3n) is 15.6. The van der Waals surface area contributed by atoms with Crippen molar-refractivity contribution < 1.29 is 0 Å². The van der Waals surface area contributed by atoms with Crippen LogP contribution in [-0.4, -0.2) is 46.1 Å². The first kappa shape index (κ1) is 29.3. The highest BCUT2D eigenvalue weighted by atomic mass is 15.2. The lowest BCUT2D eigenvalue weighted by atomic mass is 9.46. The van der Waals surface area contributed by atoms with E-state index in [2.05, 4.69) is 9.80 Å². The number of hydrogen-bond donors (Lipinski definition) is 0. The third kappa shape index (κ3) is 5.71. The summed E-state index contributed by atoms with van der Waals surface area (Å²) in [7, 11) is 0. The Morgan fingerprint density at radius 3 is 1.29 bits per heavy atom. The summed E-state index contributed by atoms with van der Waals surface area (Å²) in [5.74, 6) is 6.49. The smallest absolute Gasteiger partial charge is 0.0136 e. The second kappa shape index (κ2) is 13.3. The van der Waals surface area contributed by atoms with Crippen molar-refractivity contribution in [2.24, 2.45) is 35.5 Å². The minimum Gasteiger partial charge on any atom is -0.294 e. The fourth-order valence-electron chi connectivity index (χ4n) is 14.1. The van der Waals surface area contributed by atoms with Crippen LogP contribution in [0.4, 0.5) is 0 Å². The van der Waals surface area contributed by atoms with Crippen LogP contribution in [-0.2, 0) is 0 Å². The van der Waals surface area contributed by atoms with Crippen LogP contribution in [0.3, 0.4) is 0 Å². The molecule has 8 saturated carbocycles. The molecule has 0 saturated heterocycles. The summed E-state index contributed by atoms with van der Waals surface area (Å²) >= 11 is 0. The standard InChI is InChI=1S/C40H68N2/c1-5-16-32(17-6-1)41(33-18-7-2-8-19-33)36-26-31-25-24-29-14-13-15-30-27-38(37(28-36)40(31)39(29)30)42(34-20-9-3-10-21-34)35-22-11-4-12-23-35/h29-40H,1-28H2. The SMILES string of the molecule is C1CCC(N(C2CCCCC2)C2CC3CCC4CCCC5CC(N(C6CCCCC6)C6CCCCC6)C(C2)C3C45)CC1. The summed E-state index contributed by atoms with van der Waals surface area (Å²) in [5.41, 5.74) is 0. The molecule has 0 N–H and O–H groups in total. The van der Waals surface area contributed by atoms with E-state index in [-0.39, 0.29) is 0 Å². The van der Waals surface area contributed by atoms with Gasteiger partial charge in [0.15, 0.2) is 0 Å². The zero-order chi connectivity index (χ0) is 27.9. The lowest BCUT2D eigenvalue weighted by Crippen LogP contribution is -2.65. The minimum atomic E-state index is 0.918. The molecule has 8 atom stereocenters. The highest BCUT2D eigenvalue weighted by molar-refractivity contribution is 5.10. The normalized spacial score (nSPS) is 43.0. The van der Waals surface area contributed by atoms with Gasteiger partial charge in [0.2, 0.25) is 0 Å². The molecule has 238 valence electrons. The number of rotatable bonds is 6. The highest BCUT2D eigenvalue weighted by Crippen LogP contribution is 2.62. The third-order valence-corrected chi connectivity index (χ3v) is 15.6. The second-order valence-corrected chi connectivity index (χ2v) is 17.6. The van der Waals surface area contributed by atoms with Crippen LogP contribution in [0, 0.1) is 35.5 Å². The summed E-state index contributed by atoms with van der Waals surface area (Å²) in [4.78, 5) is 6.75. The van der Waals surface area contributed by atoms with Crippen LogP contribution < -0.4 is 0 Å². The first-order chi connectivity index (χ1) is 20.8. The van der Waals surface area contributed by atoms with Crippen LogP contribution in [0.1, 0.15) is 180 Å². The summed E-state index contributed by atoms with van der Waals surface area (Å²) in [6.45, 7) is 0. The summed E-state index contributed by atoms with van der Waals surface area (Å²) in [6.07, 6.45) is 43.2. The van der Waals surface area contributed by atoms with Crippen molar-refractivity contribution in [3.8, 4) is 0 Å². The quantitative estimate of drug-likeness (QED) is 0.310. The molecule has 8 fully saturated rings. The topological polar surface area (TPSA) is 6.48 Å².